The third-order valence-corrected chi connectivity index (χ3v) is 2.59. The van der Waals surface area contributed by atoms with Gasteiger partial charge in [-0.25, -0.2) is 9.07 Å². The second-order valence-corrected chi connectivity index (χ2v) is 4.10. The summed E-state index contributed by atoms with van der Waals surface area (Å²) in [5.41, 5.74) is 6.47. The molecule has 1 heterocycles. The van der Waals surface area contributed by atoms with Crippen molar-refractivity contribution in [2.24, 2.45) is 0 Å². The topological polar surface area (TPSA) is 88.1 Å². The van der Waals surface area contributed by atoms with E-state index in [9.17, 15) is 4.39 Å². The molecule has 0 spiro atoms. The van der Waals surface area contributed by atoms with E-state index in [1.54, 1.807) is 17.9 Å². The minimum atomic E-state index is -0.425. The summed E-state index contributed by atoms with van der Waals surface area (Å²) in [6.07, 6.45) is 0. The van der Waals surface area contributed by atoms with Crippen molar-refractivity contribution < 1.29 is 13.9 Å². The van der Waals surface area contributed by atoms with E-state index in [0.717, 1.165) is 0 Å². The van der Waals surface area contributed by atoms with Gasteiger partial charge in [0.2, 0.25) is 0 Å². The number of tetrazole rings is 1. The van der Waals surface area contributed by atoms with Crippen LogP contribution >= 0.6 is 0 Å². The van der Waals surface area contributed by atoms with Gasteiger partial charge >= 0.3 is 0 Å². The molecule has 8 heteroatoms. The molecule has 0 unspecified atom stereocenters. The zero-order valence-corrected chi connectivity index (χ0v) is 11.1. The van der Waals surface area contributed by atoms with Gasteiger partial charge in [-0.3, -0.25) is 0 Å². The molecule has 108 valence electrons. The van der Waals surface area contributed by atoms with Crippen LogP contribution in [0.1, 0.15) is 0 Å². The average Bonchev–Trinajstić information content (AvgIpc) is 2.86. The summed E-state index contributed by atoms with van der Waals surface area (Å²) in [6.45, 7) is 1.93. The lowest BCUT2D eigenvalue weighted by Gasteiger charge is -2.06. The summed E-state index contributed by atoms with van der Waals surface area (Å²) < 4.78 is 25.1. The molecule has 0 fully saturated rings. The van der Waals surface area contributed by atoms with E-state index in [4.69, 9.17) is 15.2 Å². The second-order valence-electron chi connectivity index (χ2n) is 4.10. The Balaban J connectivity index is 2.04. The fourth-order valence-corrected chi connectivity index (χ4v) is 1.70. The quantitative estimate of drug-likeness (QED) is 0.594. The highest BCUT2D eigenvalue weighted by atomic mass is 19.1. The van der Waals surface area contributed by atoms with Crippen LogP contribution in [0.2, 0.25) is 0 Å². The maximum atomic E-state index is 13.3. The number of hydrogen-bond acceptors (Lipinski definition) is 6. The number of benzene rings is 1. The zero-order valence-electron chi connectivity index (χ0n) is 11.1. The molecule has 0 bridgehead atoms. The van der Waals surface area contributed by atoms with Gasteiger partial charge in [0.1, 0.15) is 5.82 Å². The standard InChI is InChI=1S/C12H16FN5O2/c1-19-4-5-20-3-2-18-12(15-16-17-18)9-6-10(13)8-11(14)7-9/h6-8H,2-5,14H2,1H3. The lowest BCUT2D eigenvalue weighted by molar-refractivity contribution is 0.0654. The van der Waals surface area contributed by atoms with E-state index >= 15 is 0 Å². The third-order valence-electron chi connectivity index (χ3n) is 2.59. The van der Waals surface area contributed by atoms with Crippen LogP contribution in [0.3, 0.4) is 0 Å². The van der Waals surface area contributed by atoms with Crippen LogP contribution in [0.15, 0.2) is 18.2 Å². The van der Waals surface area contributed by atoms with Gasteiger partial charge in [-0.2, -0.15) is 0 Å². The molecular formula is C12H16FN5O2. The summed E-state index contributed by atoms with van der Waals surface area (Å²) in [7, 11) is 1.61. The first-order valence-corrected chi connectivity index (χ1v) is 6.10. The van der Waals surface area contributed by atoms with Crippen LogP contribution in [-0.2, 0) is 16.0 Å². The van der Waals surface area contributed by atoms with Crippen LogP contribution in [0.4, 0.5) is 10.1 Å². The van der Waals surface area contributed by atoms with Crippen LogP contribution in [0, 0.1) is 5.82 Å². The van der Waals surface area contributed by atoms with Gasteiger partial charge in [-0.05, 0) is 28.6 Å². The molecule has 7 nitrogen and oxygen atoms in total. The van der Waals surface area contributed by atoms with Crippen molar-refractivity contribution in [1.82, 2.24) is 20.2 Å². The number of nitrogens with two attached hydrogens (primary N) is 1. The highest BCUT2D eigenvalue weighted by Gasteiger charge is 2.10. The van der Waals surface area contributed by atoms with Crippen molar-refractivity contribution in [2.75, 3.05) is 32.7 Å². The summed E-state index contributed by atoms with van der Waals surface area (Å²) in [5.74, 6) is 0.0254. The second kappa shape index (κ2) is 6.92. The first-order chi connectivity index (χ1) is 9.70. The molecule has 20 heavy (non-hydrogen) atoms. The monoisotopic (exact) mass is 281 g/mol. The molecule has 0 aliphatic rings. The van der Waals surface area contributed by atoms with Crippen molar-refractivity contribution >= 4 is 5.69 Å². The van der Waals surface area contributed by atoms with Crippen LogP contribution in [0.25, 0.3) is 11.4 Å². The maximum Gasteiger partial charge on any atom is 0.182 e. The molecule has 0 amide bonds. The van der Waals surface area contributed by atoms with Crippen LogP contribution in [-0.4, -0.2) is 47.1 Å². The molecule has 0 saturated carbocycles. The first-order valence-electron chi connectivity index (χ1n) is 6.10. The largest absolute Gasteiger partial charge is 0.399 e. The van der Waals surface area contributed by atoms with Crippen LogP contribution in [0.5, 0.6) is 0 Å². The predicted molar refractivity (Wildman–Crippen MR) is 70.3 cm³/mol. The van der Waals surface area contributed by atoms with Gasteiger partial charge in [0.05, 0.1) is 26.4 Å². The maximum absolute atomic E-state index is 13.3. The number of hydrogen-bond donors (Lipinski definition) is 1. The Morgan fingerprint density at radius 2 is 2.10 bits per heavy atom. The number of rotatable bonds is 7. The molecule has 2 rings (SSSR count). The number of ether oxygens (including phenoxy) is 2. The Morgan fingerprint density at radius 1 is 1.25 bits per heavy atom. The zero-order chi connectivity index (χ0) is 14.4. The molecule has 1 aromatic heterocycles. The molecule has 2 N–H and O–H groups in total. The van der Waals surface area contributed by atoms with E-state index in [2.05, 4.69) is 15.5 Å². The number of nitrogens with zero attached hydrogens (tertiary/aromatic N) is 4. The Hall–Kier alpha value is -2.06. The smallest absolute Gasteiger partial charge is 0.182 e. The minimum absolute atomic E-state index is 0.325. The molecule has 0 radical (unpaired) electrons. The highest BCUT2D eigenvalue weighted by Crippen LogP contribution is 2.20. The van der Waals surface area contributed by atoms with Crippen molar-refractivity contribution in [3.8, 4) is 11.4 Å². The Bertz CT molecular complexity index is 540. The molecule has 0 aliphatic carbocycles. The molecule has 0 saturated heterocycles. The van der Waals surface area contributed by atoms with Crippen molar-refractivity contribution in [3.63, 3.8) is 0 Å². The van der Waals surface area contributed by atoms with Gasteiger partial charge in [-0.15, -0.1) is 5.10 Å². The van der Waals surface area contributed by atoms with E-state index in [1.165, 1.54) is 12.1 Å². The van der Waals surface area contributed by atoms with Crippen LogP contribution < -0.4 is 5.73 Å². The highest BCUT2D eigenvalue weighted by molar-refractivity contribution is 5.61. The Kier molecular flexibility index (Phi) is 4.97. The summed E-state index contributed by atoms with van der Waals surface area (Å²) in [5, 5.41) is 11.3. The predicted octanol–water partition coefficient (Wildman–Crippen LogP) is 0.724. The fourth-order valence-electron chi connectivity index (χ4n) is 1.70. The van der Waals surface area contributed by atoms with Crippen molar-refractivity contribution in [3.05, 3.63) is 24.0 Å². The summed E-state index contributed by atoms with van der Waals surface area (Å²) in [4.78, 5) is 0. The summed E-state index contributed by atoms with van der Waals surface area (Å²) >= 11 is 0. The molecule has 0 atom stereocenters. The van der Waals surface area contributed by atoms with Crippen molar-refractivity contribution in [2.45, 2.75) is 6.54 Å². The van der Waals surface area contributed by atoms with E-state index in [1.807, 2.05) is 0 Å². The van der Waals surface area contributed by atoms with Gasteiger partial charge in [0.15, 0.2) is 5.82 Å². The normalized spacial score (nSPS) is 10.9. The number of anilines is 1. The first kappa shape index (κ1) is 14.4. The lowest BCUT2D eigenvalue weighted by Crippen LogP contribution is -2.11. The Labute approximate surface area is 115 Å². The minimum Gasteiger partial charge on any atom is -0.399 e. The van der Waals surface area contributed by atoms with Gasteiger partial charge < -0.3 is 15.2 Å². The summed E-state index contributed by atoms with van der Waals surface area (Å²) in [6, 6.07) is 4.20. The number of halogens is 1. The van der Waals surface area contributed by atoms with Crippen molar-refractivity contribution in [1.29, 1.82) is 0 Å². The molecule has 0 aliphatic heterocycles. The van der Waals surface area contributed by atoms with Gasteiger partial charge in [0.25, 0.3) is 0 Å². The molecular weight excluding hydrogens is 265 g/mol. The molecule has 1 aromatic carbocycles. The average molecular weight is 281 g/mol. The third kappa shape index (κ3) is 3.72. The van der Waals surface area contributed by atoms with E-state index in [0.29, 0.717) is 43.4 Å². The molecule has 2 aromatic rings. The van der Waals surface area contributed by atoms with E-state index < -0.39 is 5.82 Å². The van der Waals surface area contributed by atoms with Gasteiger partial charge in [0, 0.05) is 18.4 Å². The van der Waals surface area contributed by atoms with E-state index in [-0.39, 0.29) is 0 Å². The SMILES string of the molecule is COCCOCCn1nnnc1-c1cc(N)cc(F)c1. The number of methoxy groups -OCH3 is 1. The van der Waals surface area contributed by atoms with Gasteiger partial charge in [-0.1, -0.05) is 0 Å². The fraction of sp³-hybridized carbons (Fsp3) is 0.417. The Morgan fingerprint density at radius 3 is 2.85 bits per heavy atom. The number of nitrogen functional groups attached to an aromatic ring is 1. The number of aromatic nitrogens is 4. The lowest BCUT2D eigenvalue weighted by atomic mass is 10.2.